The van der Waals surface area contributed by atoms with Gasteiger partial charge in [-0.1, -0.05) is 77.2 Å². The van der Waals surface area contributed by atoms with Crippen molar-refractivity contribution in [2.75, 3.05) is 0 Å². The minimum absolute atomic E-state index is 0.371. The van der Waals surface area contributed by atoms with E-state index in [4.69, 9.17) is 0 Å². The first-order chi connectivity index (χ1) is 8.71. The third-order valence-electron chi connectivity index (χ3n) is 4.85. The third-order valence-corrected chi connectivity index (χ3v) is 10.7. The van der Waals surface area contributed by atoms with Crippen LogP contribution in [-0.2, 0) is 0 Å². The van der Waals surface area contributed by atoms with E-state index < -0.39 is 8.07 Å². The van der Waals surface area contributed by atoms with Crippen LogP contribution in [0.25, 0.3) is 0 Å². The Morgan fingerprint density at radius 3 is 1.89 bits per heavy atom. The second-order valence-electron chi connectivity index (χ2n) is 7.06. The maximum absolute atomic E-state index is 3.56. The Balaban J connectivity index is 3.05. The molecular formula is C18H29Si+. The monoisotopic (exact) mass is 273 g/mol. The predicted octanol–water partition coefficient (Wildman–Crippen LogP) is 5.72. The number of rotatable bonds is 3. The molecule has 0 radical (unpaired) electrons. The molecule has 0 saturated carbocycles. The predicted molar refractivity (Wildman–Crippen MR) is 89.7 cm³/mol. The minimum atomic E-state index is -1.48. The van der Waals surface area contributed by atoms with Gasteiger partial charge < -0.3 is 0 Å². The van der Waals surface area contributed by atoms with Crippen LogP contribution >= 0.6 is 0 Å². The molecule has 0 bridgehead atoms. The fourth-order valence-electron chi connectivity index (χ4n) is 2.62. The average Bonchev–Trinajstić information content (AvgIpc) is 2.56. The van der Waals surface area contributed by atoms with Crippen molar-refractivity contribution in [2.24, 2.45) is 11.8 Å². The Hall–Kier alpha value is -0.913. The van der Waals surface area contributed by atoms with Gasteiger partial charge in [-0.05, 0) is 5.04 Å². The van der Waals surface area contributed by atoms with Crippen LogP contribution in [0.1, 0.15) is 34.6 Å². The highest BCUT2D eigenvalue weighted by atomic mass is 28.3. The quantitative estimate of drug-likeness (QED) is 0.456. The third kappa shape index (κ3) is 3.55. The maximum atomic E-state index is 3.56. The van der Waals surface area contributed by atoms with Gasteiger partial charge in [0.05, 0.1) is 0 Å². The molecule has 0 fully saturated rings. The largest absolute Gasteiger partial charge is 0.212 e. The summed E-state index contributed by atoms with van der Waals surface area (Å²) in [5.41, 5.74) is 0. The van der Waals surface area contributed by atoms with E-state index in [9.17, 15) is 0 Å². The van der Waals surface area contributed by atoms with E-state index in [0.29, 0.717) is 16.9 Å². The number of hydrogen-bond acceptors (Lipinski definition) is 0. The van der Waals surface area contributed by atoms with Crippen molar-refractivity contribution in [3.8, 4) is 0 Å². The lowest BCUT2D eigenvalue weighted by Gasteiger charge is -2.36. The van der Waals surface area contributed by atoms with E-state index in [-0.39, 0.29) is 0 Å². The fourth-order valence-corrected chi connectivity index (χ4v) is 5.38. The fraction of sp³-hybridized carbons (Fsp3) is 0.556. The van der Waals surface area contributed by atoms with Crippen LogP contribution < -0.4 is 0 Å². The molecule has 0 aromatic heterocycles. The van der Waals surface area contributed by atoms with Crippen molar-refractivity contribution in [1.82, 2.24) is 0 Å². The van der Waals surface area contributed by atoms with Crippen LogP contribution in [0.2, 0.25) is 18.1 Å². The molecule has 1 aliphatic carbocycles. The van der Waals surface area contributed by atoms with Gasteiger partial charge in [-0.2, -0.15) is 0 Å². The molecule has 1 atom stereocenters. The molecular weight excluding hydrogens is 244 g/mol. The summed E-state index contributed by atoms with van der Waals surface area (Å²) in [7, 11) is -1.48. The molecule has 0 aliphatic heterocycles. The zero-order valence-electron chi connectivity index (χ0n) is 13.6. The van der Waals surface area contributed by atoms with Crippen molar-refractivity contribution in [2.45, 2.75) is 52.8 Å². The topological polar surface area (TPSA) is 0 Å². The summed E-state index contributed by atoms with van der Waals surface area (Å²) in [6, 6.07) is 0. The van der Waals surface area contributed by atoms with Gasteiger partial charge in [0.1, 0.15) is 13.3 Å². The van der Waals surface area contributed by atoms with Gasteiger partial charge in [-0.25, -0.2) is 0 Å². The first-order valence-corrected chi connectivity index (χ1v) is 10.3. The number of hydrogen-bond donors (Lipinski definition) is 0. The average molecular weight is 274 g/mol. The van der Waals surface area contributed by atoms with Gasteiger partial charge in [0.2, 0.25) is 6.08 Å². The highest BCUT2D eigenvalue weighted by molar-refractivity contribution is 6.86. The van der Waals surface area contributed by atoms with Gasteiger partial charge in [0.15, 0.2) is 6.92 Å². The van der Waals surface area contributed by atoms with E-state index in [1.54, 1.807) is 5.20 Å². The van der Waals surface area contributed by atoms with E-state index in [1.807, 2.05) is 0 Å². The summed E-state index contributed by atoms with van der Waals surface area (Å²) < 4.78 is 0. The normalized spacial score (nSPS) is 19.2. The smallest absolute Gasteiger partial charge is 0.0769 e. The molecule has 0 aromatic rings. The van der Waals surface area contributed by atoms with Crippen LogP contribution in [0.15, 0.2) is 41.7 Å². The number of allylic oxidation sites excluding steroid dienone is 8. The Kier molecular flexibility index (Phi) is 5.12. The van der Waals surface area contributed by atoms with E-state index in [2.05, 4.69) is 90.2 Å². The van der Waals surface area contributed by atoms with Crippen molar-refractivity contribution in [3.63, 3.8) is 0 Å². The van der Waals surface area contributed by atoms with Crippen molar-refractivity contribution >= 4 is 8.07 Å². The molecule has 1 heteroatoms. The van der Waals surface area contributed by atoms with Crippen molar-refractivity contribution in [3.05, 3.63) is 47.7 Å². The van der Waals surface area contributed by atoms with E-state index in [0.717, 1.165) is 0 Å². The van der Waals surface area contributed by atoms with Crippen LogP contribution in [0.3, 0.4) is 0 Å². The lowest BCUT2D eigenvalue weighted by Crippen LogP contribution is -2.43. The summed E-state index contributed by atoms with van der Waals surface area (Å²) in [5, 5.41) is 1.94. The Morgan fingerprint density at radius 2 is 1.53 bits per heavy atom. The SMILES string of the molecule is C[C+]=C([C@@H](C)C1C=CC=CC=C1)[Si](C)(C)C(C)(C)C. The Labute approximate surface area is 121 Å². The molecule has 1 rings (SSSR count). The zero-order chi connectivity index (χ0) is 14.7. The molecule has 0 aromatic carbocycles. The summed E-state index contributed by atoms with van der Waals surface area (Å²) in [6.45, 7) is 16.6. The van der Waals surface area contributed by atoms with Gasteiger partial charge in [-0.15, -0.1) is 0 Å². The van der Waals surface area contributed by atoms with Gasteiger partial charge in [0, 0.05) is 11.8 Å². The first-order valence-electron chi connectivity index (χ1n) is 7.28. The van der Waals surface area contributed by atoms with Gasteiger partial charge >= 0.3 is 0 Å². The first kappa shape index (κ1) is 16.1. The molecule has 0 saturated heterocycles. The minimum Gasteiger partial charge on any atom is -0.0769 e. The second-order valence-corrected chi connectivity index (χ2v) is 12.3. The summed E-state index contributed by atoms with van der Waals surface area (Å²) in [4.78, 5) is 0. The molecule has 104 valence electrons. The highest BCUT2D eigenvalue weighted by Crippen LogP contribution is 2.44. The molecule has 0 unspecified atom stereocenters. The maximum Gasteiger partial charge on any atom is 0.212 e. The van der Waals surface area contributed by atoms with E-state index in [1.165, 1.54) is 0 Å². The van der Waals surface area contributed by atoms with Crippen LogP contribution in [0.5, 0.6) is 0 Å². The lowest BCUT2D eigenvalue weighted by molar-refractivity contribution is 0.583. The van der Waals surface area contributed by atoms with Gasteiger partial charge in [0.25, 0.3) is 0 Å². The standard InChI is InChI=1S/C18H29Si/c1-8-17(19(6,7)18(3,4)5)15(2)16-13-11-9-10-12-14-16/h9-16H,1-7H3/q+1/t15-/m0/s1. The van der Waals surface area contributed by atoms with Crippen LogP contribution in [0.4, 0.5) is 0 Å². The summed E-state index contributed by atoms with van der Waals surface area (Å²) >= 11 is 0. The lowest BCUT2D eigenvalue weighted by atomic mass is 9.92. The molecule has 0 N–H and O–H groups in total. The van der Waals surface area contributed by atoms with Crippen LogP contribution in [0, 0.1) is 17.9 Å². The van der Waals surface area contributed by atoms with Crippen molar-refractivity contribution in [1.29, 1.82) is 0 Å². The van der Waals surface area contributed by atoms with Gasteiger partial charge in [-0.3, -0.25) is 0 Å². The van der Waals surface area contributed by atoms with E-state index >= 15 is 0 Å². The second kappa shape index (κ2) is 6.03. The zero-order valence-corrected chi connectivity index (χ0v) is 14.6. The van der Waals surface area contributed by atoms with Crippen molar-refractivity contribution < 1.29 is 0 Å². The summed E-state index contributed by atoms with van der Waals surface area (Å²) in [6.07, 6.45) is 16.7. The Morgan fingerprint density at radius 1 is 1.05 bits per heavy atom. The summed E-state index contributed by atoms with van der Waals surface area (Å²) in [5.74, 6) is 1.03. The molecule has 1 aliphatic rings. The Bertz CT molecular complexity index is 397. The molecule has 19 heavy (non-hydrogen) atoms. The molecule has 0 heterocycles. The highest BCUT2D eigenvalue weighted by Gasteiger charge is 2.47. The van der Waals surface area contributed by atoms with Crippen LogP contribution in [-0.4, -0.2) is 8.07 Å². The molecule has 0 spiro atoms. The molecule has 0 amide bonds. The molecule has 0 nitrogen and oxygen atoms in total.